The van der Waals surface area contributed by atoms with E-state index in [4.69, 9.17) is 23.2 Å². The average Bonchev–Trinajstić information content (AvgIpc) is 2.49. The molecular formula is C10H8Cl2N2S. The van der Waals surface area contributed by atoms with E-state index in [2.05, 4.69) is 10.3 Å². The van der Waals surface area contributed by atoms with Gasteiger partial charge in [0.15, 0.2) is 5.13 Å². The molecule has 78 valence electrons. The number of anilines is 2. The van der Waals surface area contributed by atoms with Gasteiger partial charge in [0.05, 0.1) is 5.69 Å². The van der Waals surface area contributed by atoms with Crippen LogP contribution in [-0.4, -0.2) is 4.98 Å². The van der Waals surface area contributed by atoms with Gasteiger partial charge in [-0.1, -0.05) is 23.2 Å². The summed E-state index contributed by atoms with van der Waals surface area (Å²) in [5.74, 6) is 0. The van der Waals surface area contributed by atoms with Crippen molar-refractivity contribution in [3.8, 4) is 0 Å². The molecule has 0 aliphatic rings. The minimum Gasteiger partial charge on any atom is -0.331 e. The Morgan fingerprint density at radius 3 is 2.40 bits per heavy atom. The number of aromatic nitrogens is 1. The van der Waals surface area contributed by atoms with Gasteiger partial charge < -0.3 is 5.32 Å². The predicted octanol–water partition coefficient (Wildman–Crippen LogP) is 4.50. The van der Waals surface area contributed by atoms with Gasteiger partial charge in [0.2, 0.25) is 0 Å². The fourth-order valence-electron chi connectivity index (χ4n) is 1.16. The van der Waals surface area contributed by atoms with Crippen LogP contribution < -0.4 is 5.32 Å². The molecule has 0 radical (unpaired) electrons. The van der Waals surface area contributed by atoms with Gasteiger partial charge in [-0.05, 0) is 25.1 Å². The second kappa shape index (κ2) is 4.39. The maximum Gasteiger partial charge on any atom is 0.187 e. The first-order valence-electron chi connectivity index (χ1n) is 4.29. The van der Waals surface area contributed by atoms with Crippen molar-refractivity contribution in [3.63, 3.8) is 0 Å². The maximum absolute atomic E-state index is 5.88. The number of nitrogens with zero attached hydrogens (tertiary/aromatic N) is 1. The number of hydrogen-bond acceptors (Lipinski definition) is 3. The molecule has 0 atom stereocenters. The molecule has 1 heterocycles. The van der Waals surface area contributed by atoms with Gasteiger partial charge in [-0.2, -0.15) is 0 Å². The topological polar surface area (TPSA) is 24.9 Å². The minimum atomic E-state index is 0.610. The van der Waals surface area contributed by atoms with Crippen molar-refractivity contribution < 1.29 is 0 Å². The smallest absolute Gasteiger partial charge is 0.187 e. The van der Waals surface area contributed by atoms with Crippen molar-refractivity contribution in [1.29, 1.82) is 0 Å². The van der Waals surface area contributed by atoms with Gasteiger partial charge in [0.25, 0.3) is 0 Å². The Bertz CT molecular complexity index is 462. The van der Waals surface area contributed by atoms with E-state index in [9.17, 15) is 0 Å². The molecule has 0 bridgehead atoms. The molecular weight excluding hydrogens is 251 g/mol. The van der Waals surface area contributed by atoms with Crippen LogP contribution in [-0.2, 0) is 0 Å². The van der Waals surface area contributed by atoms with Crippen molar-refractivity contribution in [3.05, 3.63) is 39.3 Å². The van der Waals surface area contributed by atoms with E-state index in [1.165, 1.54) is 0 Å². The summed E-state index contributed by atoms with van der Waals surface area (Å²) >= 11 is 13.3. The standard InChI is InChI=1S/C10H8Cl2N2S/c1-6-5-15-10(13-6)14-9-3-7(11)2-8(12)4-9/h2-5H,1H3,(H,13,14). The van der Waals surface area contributed by atoms with Crippen molar-refractivity contribution in [2.24, 2.45) is 0 Å². The van der Waals surface area contributed by atoms with Crippen LogP contribution in [0.25, 0.3) is 0 Å². The lowest BCUT2D eigenvalue weighted by Crippen LogP contribution is -1.89. The molecule has 0 aliphatic carbocycles. The Morgan fingerprint density at radius 2 is 1.87 bits per heavy atom. The molecule has 2 aromatic rings. The van der Waals surface area contributed by atoms with E-state index in [1.54, 1.807) is 17.4 Å². The van der Waals surface area contributed by atoms with Crippen LogP contribution in [0.1, 0.15) is 5.69 Å². The third kappa shape index (κ3) is 2.84. The van der Waals surface area contributed by atoms with Crippen LogP contribution >= 0.6 is 34.5 Å². The average molecular weight is 259 g/mol. The molecule has 1 aromatic carbocycles. The largest absolute Gasteiger partial charge is 0.331 e. The van der Waals surface area contributed by atoms with Crippen LogP contribution in [0.3, 0.4) is 0 Å². The number of thiazole rings is 1. The molecule has 2 rings (SSSR count). The van der Waals surface area contributed by atoms with Gasteiger partial charge in [0, 0.05) is 21.1 Å². The Kier molecular flexibility index (Phi) is 3.14. The summed E-state index contributed by atoms with van der Waals surface area (Å²) < 4.78 is 0. The highest BCUT2D eigenvalue weighted by atomic mass is 35.5. The van der Waals surface area contributed by atoms with Crippen molar-refractivity contribution in [2.75, 3.05) is 5.32 Å². The molecule has 0 saturated carbocycles. The lowest BCUT2D eigenvalue weighted by Gasteiger charge is -2.03. The summed E-state index contributed by atoms with van der Waals surface area (Å²) in [4.78, 5) is 4.29. The zero-order valence-corrected chi connectivity index (χ0v) is 10.2. The second-order valence-electron chi connectivity index (χ2n) is 3.08. The maximum atomic E-state index is 5.88. The van der Waals surface area contributed by atoms with Crippen LogP contribution in [0, 0.1) is 6.92 Å². The first kappa shape index (κ1) is 10.7. The molecule has 15 heavy (non-hydrogen) atoms. The molecule has 0 spiro atoms. The lowest BCUT2D eigenvalue weighted by molar-refractivity contribution is 1.26. The Balaban J connectivity index is 2.24. The van der Waals surface area contributed by atoms with Crippen LogP contribution in [0.15, 0.2) is 23.6 Å². The number of rotatable bonds is 2. The summed E-state index contributed by atoms with van der Waals surface area (Å²) in [5.41, 5.74) is 1.84. The van der Waals surface area contributed by atoms with E-state index in [0.717, 1.165) is 16.5 Å². The second-order valence-corrected chi connectivity index (χ2v) is 4.81. The third-order valence-corrected chi connectivity index (χ3v) is 3.04. The van der Waals surface area contributed by atoms with Crippen LogP contribution in [0.4, 0.5) is 10.8 Å². The summed E-state index contributed by atoms with van der Waals surface area (Å²) in [6.45, 7) is 1.95. The molecule has 1 N–H and O–H groups in total. The quantitative estimate of drug-likeness (QED) is 0.858. The van der Waals surface area contributed by atoms with Crippen molar-refractivity contribution in [2.45, 2.75) is 6.92 Å². The lowest BCUT2D eigenvalue weighted by atomic mass is 10.3. The summed E-state index contributed by atoms with van der Waals surface area (Å²) in [5, 5.41) is 7.18. The summed E-state index contributed by atoms with van der Waals surface area (Å²) in [7, 11) is 0. The predicted molar refractivity (Wildman–Crippen MR) is 66.6 cm³/mol. The van der Waals surface area contributed by atoms with Gasteiger partial charge in [-0.3, -0.25) is 0 Å². The highest BCUT2D eigenvalue weighted by Gasteiger charge is 2.01. The van der Waals surface area contributed by atoms with E-state index in [1.807, 2.05) is 24.4 Å². The first-order valence-corrected chi connectivity index (χ1v) is 5.92. The Hall–Kier alpha value is -0.770. The highest BCUT2D eigenvalue weighted by molar-refractivity contribution is 7.13. The monoisotopic (exact) mass is 258 g/mol. The summed E-state index contributed by atoms with van der Waals surface area (Å²) in [6, 6.07) is 5.32. The Labute approximate surface area is 102 Å². The van der Waals surface area contributed by atoms with Crippen molar-refractivity contribution >= 4 is 45.4 Å². The van der Waals surface area contributed by atoms with E-state index >= 15 is 0 Å². The van der Waals surface area contributed by atoms with Gasteiger partial charge in [0.1, 0.15) is 0 Å². The van der Waals surface area contributed by atoms with E-state index in [0.29, 0.717) is 10.0 Å². The number of nitrogens with one attached hydrogen (secondary N) is 1. The molecule has 2 nitrogen and oxygen atoms in total. The molecule has 0 amide bonds. The number of benzene rings is 1. The number of aryl methyl sites for hydroxylation is 1. The van der Waals surface area contributed by atoms with Crippen molar-refractivity contribution in [1.82, 2.24) is 4.98 Å². The SMILES string of the molecule is Cc1csc(Nc2cc(Cl)cc(Cl)c2)n1. The molecule has 0 aliphatic heterocycles. The van der Waals surface area contributed by atoms with E-state index < -0.39 is 0 Å². The van der Waals surface area contributed by atoms with E-state index in [-0.39, 0.29) is 0 Å². The van der Waals surface area contributed by atoms with Crippen LogP contribution in [0.5, 0.6) is 0 Å². The molecule has 0 unspecified atom stereocenters. The van der Waals surface area contributed by atoms with Crippen LogP contribution in [0.2, 0.25) is 10.0 Å². The minimum absolute atomic E-state index is 0.610. The Morgan fingerprint density at radius 1 is 1.20 bits per heavy atom. The molecule has 0 fully saturated rings. The van der Waals surface area contributed by atoms with Gasteiger partial charge in [-0.15, -0.1) is 11.3 Å². The molecule has 5 heteroatoms. The fraction of sp³-hybridized carbons (Fsp3) is 0.100. The molecule has 1 aromatic heterocycles. The summed E-state index contributed by atoms with van der Waals surface area (Å²) in [6.07, 6.45) is 0. The zero-order chi connectivity index (χ0) is 10.8. The first-order chi connectivity index (χ1) is 7.13. The normalized spacial score (nSPS) is 10.3. The number of hydrogen-bond donors (Lipinski definition) is 1. The highest BCUT2D eigenvalue weighted by Crippen LogP contribution is 2.26. The third-order valence-electron chi connectivity index (χ3n) is 1.73. The number of halogens is 2. The fourth-order valence-corrected chi connectivity index (χ4v) is 2.40. The van der Waals surface area contributed by atoms with Gasteiger partial charge in [-0.25, -0.2) is 4.98 Å². The van der Waals surface area contributed by atoms with Gasteiger partial charge >= 0.3 is 0 Å². The zero-order valence-electron chi connectivity index (χ0n) is 7.92. The molecule has 0 saturated heterocycles.